The summed E-state index contributed by atoms with van der Waals surface area (Å²) < 4.78 is 0. The number of nitrogens with zero attached hydrogens (tertiary/aromatic N) is 1. The molecular formula is C25H27N5. The lowest BCUT2D eigenvalue weighted by molar-refractivity contribution is 1.28. The first-order chi connectivity index (χ1) is 14.6. The molecule has 0 atom stereocenters. The molecule has 0 radical (unpaired) electrons. The molecule has 0 unspecified atom stereocenters. The van der Waals surface area contributed by atoms with Gasteiger partial charge in [-0.05, 0) is 84.9 Å². The van der Waals surface area contributed by atoms with Crippen LogP contribution in [0.3, 0.4) is 0 Å². The Bertz CT molecular complexity index is 982. The van der Waals surface area contributed by atoms with Gasteiger partial charge < -0.3 is 27.4 Å². The highest BCUT2D eigenvalue weighted by Crippen LogP contribution is 2.34. The van der Waals surface area contributed by atoms with E-state index in [1.807, 2.05) is 98.0 Å². The molecule has 0 aliphatic rings. The van der Waals surface area contributed by atoms with Crippen LogP contribution in [0.4, 0.5) is 39.8 Å². The fourth-order valence-electron chi connectivity index (χ4n) is 2.92. The molecule has 0 amide bonds. The number of nitrogen functional groups attached to an aromatic ring is 3. The van der Waals surface area contributed by atoms with Crippen LogP contribution < -0.4 is 27.4 Å². The Morgan fingerprint density at radius 3 is 1.27 bits per heavy atom. The molecule has 4 rings (SSSR count). The molecule has 0 fully saturated rings. The highest BCUT2D eigenvalue weighted by atomic mass is 15.1. The van der Waals surface area contributed by atoms with E-state index in [0.717, 1.165) is 39.8 Å². The first-order valence-corrected chi connectivity index (χ1v) is 9.66. The van der Waals surface area contributed by atoms with Crippen molar-refractivity contribution in [2.24, 2.45) is 0 Å². The maximum atomic E-state index is 5.79. The van der Waals surface area contributed by atoms with E-state index in [4.69, 9.17) is 17.2 Å². The van der Waals surface area contributed by atoms with Crippen molar-refractivity contribution in [1.82, 2.24) is 0 Å². The van der Waals surface area contributed by atoms with Crippen LogP contribution in [0.1, 0.15) is 0 Å². The summed E-state index contributed by atoms with van der Waals surface area (Å²) in [4.78, 5) is 2.17. The lowest BCUT2D eigenvalue weighted by Gasteiger charge is -2.25. The summed E-state index contributed by atoms with van der Waals surface area (Å²) in [6.07, 6.45) is 0. The Labute approximate surface area is 177 Å². The van der Waals surface area contributed by atoms with Crippen LogP contribution in [0, 0.1) is 0 Å². The van der Waals surface area contributed by atoms with Gasteiger partial charge in [0.05, 0.1) is 0 Å². The molecule has 0 aromatic heterocycles. The zero-order chi connectivity index (χ0) is 21.3. The minimum absolute atomic E-state index is 0.754. The van der Waals surface area contributed by atoms with Gasteiger partial charge in [0.25, 0.3) is 0 Å². The maximum absolute atomic E-state index is 5.79. The topological polar surface area (TPSA) is 93.3 Å². The molecule has 0 aliphatic carbocycles. The van der Waals surface area contributed by atoms with Crippen molar-refractivity contribution in [3.63, 3.8) is 0 Å². The summed E-state index contributed by atoms with van der Waals surface area (Å²) in [6, 6.07) is 33.5. The van der Waals surface area contributed by atoms with Crippen molar-refractivity contribution < 1.29 is 0 Å². The van der Waals surface area contributed by atoms with Crippen LogP contribution in [0.25, 0.3) is 0 Å². The number of benzene rings is 4. The maximum Gasteiger partial charge on any atom is 0.0463 e. The molecule has 4 aromatic carbocycles. The third-order valence-corrected chi connectivity index (χ3v) is 4.52. The van der Waals surface area contributed by atoms with Gasteiger partial charge in [0.1, 0.15) is 0 Å². The molecule has 4 aromatic rings. The fourth-order valence-corrected chi connectivity index (χ4v) is 2.92. The number of rotatable bonds is 4. The van der Waals surface area contributed by atoms with Crippen LogP contribution in [0.5, 0.6) is 0 Å². The zero-order valence-electron chi connectivity index (χ0n) is 17.0. The van der Waals surface area contributed by atoms with E-state index < -0.39 is 0 Å². The van der Waals surface area contributed by atoms with E-state index in [1.165, 1.54) is 0 Å². The number of anilines is 7. The molecule has 30 heavy (non-hydrogen) atoms. The van der Waals surface area contributed by atoms with Crippen molar-refractivity contribution in [3.8, 4) is 0 Å². The third-order valence-electron chi connectivity index (χ3n) is 4.52. The minimum Gasteiger partial charge on any atom is -0.399 e. The van der Waals surface area contributed by atoms with E-state index in [0.29, 0.717) is 0 Å². The van der Waals surface area contributed by atoms with E-state index in [1.54, 1.807) is 0 Å². The summed E-state index contributed by atoms with van der Waals surface area (Å²) in [7, 11) is 1.88. The second-order valence-corrected chi connectivity index (χ2v) is 6.73. The molecule has 5 heteroatoms. The minimum atomic E-state index is 0.754. The SMILES string of the molecule is CNc1ccc(N)cc1.Nc1ccc(N(c2ccccc2)c2ccc(N)cc2)cc1. The number of nitrogens with two attached hydrogens (primary N) is 3. The van der Waals surface area contributed by atoms with Gasteiger partial charge in [-0.25, -0.2) is 0 Å². The monoisotopic (exact) mass is 397 g/mol. The van der Waals surface area contributed by atoms with Crippen LogP contribution in [0.2, 0.25) is 0 Å². The molecule has 0 spiro atoms. The van der Waals surface area contributed by atoms with Crippen LogP contribution in [-0.2, 0) is 0 Å². The molecule has 0 saturated carbocycles. The normalized spacial score (nSPS) is 9.90. The Hall–Kier alpha value is -4.12. The Kier molecular flexibility index (Phi) is 6.79. The molecule has 0 heterocycles. The molecule has 5 nitrogen and oxygen atoms in total. The highest BCUT2D eigenvalue weighted by Gasteiger charge is 2.11. The smallest absolute Gasteiger partial charge is 0.0463 e. The zero-order valence-corrected chi connectivity index (χ0v) is 17.0. The Balaban J connectivity index is 0.000000239. The second kappa shape index (κ2) is 9.89. The van der Waals surface area contributed by atoms with Gasteiger partial charge in [-0.3, -0.25) is 0 Å². The quantitative estimate of drug-likeness (QED) is 0.335. The van der Waals surface area contributed by atoms with Gasteiger partial charge in [-0.1, -0.05) is 18.2 Å². The molecule has 0 bridgehead atoms. The standard InChI is InChI=1S/C18H17N3.C7H10N2/c19-14-6-10-17(11-7-14)21(16-4-2-1-3-5-16)18-12-8-15(20)9-13-18;1-9-7-4-2-6(8)3-5-7/h1-13H,19-20H2;2-5,9H,8H2,1H3. The van der Waals surface area contributed by atoms with Gasteiger partial charge in [0.2, 0.25) is 0 Å². The lowest BCUT2D eigenvalue weighted by Crippen LogP contribution is -2.09. The summed E-state index contributed by atoms with van der Waals surface area (Å²) in [5.41, 5.74) is 23.6. The Morgan fingerprint density at radius 1 is 0.500 bits per heavy atom. The van der Waals surface area contributed by atoms with Gasteiger partial charge in [0, 0.05) is 46.9 Å². The number of para-hydroxylation sites is 1. The second-order valence-electron chi connectivity index (χ2n) is 6.73. The number of nitrogens with one attached hydrogen (secondary N) is 1. The van der Waals surface area contributed by atoms with E-state index in [9.17, 15) is 0 Å². The van der Waals surface area contributed by atoms with Crippen molar-refractivity contribution >= 4 is 39.8 Å². The van der Waals surface area contributed by atoms with Crippen molar-refractivity contribution in [3.05, 3.63) is 103 Å². The average molecular weight is 398 g/mol. The van der Waals surface area contributed by atoms with Crippen molar-refractivity contribution in [2.75, 3.05) is 34.5 Å². The molecule has 7 N–H and O–H groups in total. The molecule has 0 saturated heterocycles. The highest BCUT2D eigenvalue weighted by molar-refractivity contribution is 5.77. The number of hydrogen-bond donors (Lipinski definition) is 4. The third kappa shape index (κ3) is 5.45. The number of hydrogen-bond acceptors (Lipinski definition) is 5. The van der Waals surface area contributed by atoms with Crippen molar-refractivity contribution in [1.29, 1.82) is 0 Å². The van der Waals surface area contributed by atoms with Crippen molar-refractivity contribution in [2.45, 2.75) is 0 Å². The largest absolute Gasteiger partial charge is 0.399 e. The lowest BCUT2D eigenvalue weighted by atomic mass is 10.2. The first-order valence-electron chi connectivity index (χ1n) is 9.66. The summed E-state index contributed by atoms with van der Waals surface area (Å²) >= 11 is 0. The van der Waals surface area contributed by atoms with E-state index in [-0.39, 0.29) is 0 Å². The first kappa shape index (κ1) is 20.6. The van der Waals surface area contributed by atoms with Gasteiger partial charge in [0.15, 0.2) is 0 Å². The van der Waals surface area contributed by atoms with Crippen LogP contribution in [0.15, 0.2) is 103 Å². The van der Waals surface area contributed by atoms with Gasteiger partial charge in [-0.15, -0.1) is 0 Å². The summed E-state index contributed by atoms with van der Waals surface area (Å²) in [5, 5.41) is 3.00. The summed E-state index contributed by atoms with van der Waals surface area (Å²) in [5.74, 6) is 0. The van der Waals surface area contributed by atoms with E-state index >= 15 is 0 Å². The molecule has 152 valence electrons. The predicted molar refractivity (Wildman–Crippen MR) is 130 cm³/mol. The molecular weight excluding hydrogens is 370 g/mol. The van der Waals surface area contributed by atoms with Crippen LogP contribution in [-0.4, -0.2) is 7.05 Å². The average Bonchev–Trinajstić information content (AvgIpc) is 2.78. The molecule has 0 aliphatic heterocycles. The van der Waals surface area contributed by atoms with Gasteiger partial charge >= 0.3 is 0 Å². The Morgan fingerprint density at radius 2 is 0.867 bits per heavy atom. The van der Waals surface area contributed by atoms with Gasteiger partial charge in [-0.2, -0.15) is 0 Å². The predicted octanol–water partition coefficient (Wildman–Crippen LogP) is 5.63. The fraction of sp³-hybridized carbons (Fsp3) is 0.0400. The van der Waals surface area contributed by atoms with E-state index in [2.05, 4.69) is 22.3 Å². The summed E-state index contributed by atoms with van der Waals surface area (Å²) in [6.45, 7) is 0. The van der Waals surface area contributed by atoms with Crippen LogP contribution >= 0.6 is 0 Å².